The van der Waals surface area contributed by atoms with Crippen LogP contribution in [0.5, 0.6) is 0 Å². The summed E-state index contributed by atoms with van der Waals surface area (Å²) < 4.78 is 31.4. The van der Waals surface area contributed by atoms with E-state index in [0.29, 0.717) is 0 Å². The van der Waals surface area contributed by atoms with Gasteiger partial charge in [0.15, 0.2) is 6.29 Å². The van der Waals surface area contributed by atoms with E-state index in [-0.39, 0.29) is 19.1 Å². The Morgan fingerprint density at radius 2 is 1.57 bits per heavy atom. The standard InChI is InChI=1S/C23H29NO6/c1-16(26)24-20-22(29-15-18-11-7-4-8-12-18)21(19(13-25)30-23(20)27-2)28-14-17-9-5-3-6-10-17/h3-12,19-23,25H,13-15H2,1-2H3,(H,24,26)/t19-,20-,21-,22-,23+/m1/s1/i13D/t13-,19+,20+,21+,22+,23-/m0. The zero-order chi connectivity index (χ0) is 22.2. The first kappa shape index (κ1) is 21.0. The average molecular weight is 416 g/mol. The summed E-state index contributed by atoms with van der Waals surface area (Å²) in [5.41, 5.74) is 1.86. The Bertz CT molecular complexity index is 806. The van der Waals surface area contributed by atoms with Crippen molar-refractivity contribution in [3.63, 3.8) is 0 Å². The molecular weight excluding hydrogens is 386 g/mol. The van der Waals surface area contributed by atoms with Gasteiger partial charge in [-0.25, -0.2) is 0 Å². The highest BCUT2D eigenvalue weighted by atomic mass is 16.7. The number of ether oxygens (including phenoxy) is 4. The van der Waals surface area contributed by atoms with Gasteiger partial charge in [-0.3, -0.25) is 4.79 Å². The minimum Gasteiger partial charge on any atom is -0.394 e. The molecule has 1 saturated heterocycles. The first-order valence-corrected chi connectivity index (χ1v) is 9.86. The number of hydrogen-bond acceptors (Lipinski definition) is 6. The lowest BCUT2D eigenvalue weighted by molar-refractivity contribution is -0.282. The molecule has 0 radical (unpaired) electrons. The van der Waals surface area contributed by atoms with Gasteiger partial charge in [-0.2, -0.15) is 0 Å². The van der Waals surface area contributed by atoms with Crippen molar-refractivity contribution in [3.8, 4) is 0 Å². The predicted octanol–water partition coefficient (Wildman–Crippen LogP) is 2.03. The smallest absolute Gasteiger partial charge is 0.217 e. The number of nitrogens with one attached hydrogen (secondary N) is 1. The molecule has 3 rings (SSSR count). The number of amides is 1. The van der Waals surface area contributed by atoms with Crippen LogP contribution >= 0.6 is 0 Å². The fraction of sp³-hybridized carbons (Fsp3) is 0.435. The molecule has 0 aliphatic carbocycles. The van der Waals surface area contributed by atoms with Crippen LogP contribution in [0.4, 0.5) is 0 Å². The monoisotopic (exact) mass is 416 g/mol. The fourth-order valence-electron chi connectivity index (χ4n) is 3.49. The molecule has 0 spiro atoms. The van der Waals surface area contributed by atoms with Crippen LogP contribution < -0.4 is 5.32 Å². The van der Waals surface area contributed by atoms with Gasteiger partial charge in [0.25, 0.3) is 0 Å². The quantitative estimate of drug-likeness (QED) is 0.651. The summed E-state index contributed by atoms with van der Waals surface area (Å²) in [6, 6.07) is 18.4. The largest absolute Gasteiger partial charge is 0.394 e. The average Bonchev–Trinajstić information content (AvgIpc) is 2.77. The number of carbonyl (C=O) groups excluding carboxylic acids is 1. The molecule has 1 fully saturated rings. The summed E-state index contributed by atoms with van der Waals surface area (Å²) in [6.45, 7) is 0.295. The van der Waals surface area contributed by atoms with E-state index in [0.717, 1.165) is 11.1 Å². The van der Waals surface area contributed by atoms with Gasteiger partial charge in [0, 0.05) is 14.0 Å². The van der Waals surface area contributed by atoms with E-state index in [4.69, 9.17) is 20.3 Å². The van der Waals surface area contributed by atoms with Gasteiger partial charge >= 0.3 is 0 Å². The van der Waals surface area contributed by atoms with Gasteiger partial charge < -0.3 is 29.4 Å². The molecule has 0 saturated carbocycles. The molecule has 0 bridgehead atoms. The lowest BCUT2D eigenvalue weighted by Crippen LogP contribution is -2.65. The number of benzene rings is 2. The van der Waals surface area contributed by atoms with E-state index < -0.39 is 37.2 Å². The van der Waals surface area contributed by atoms with Gasteiger partial charge in [0.1, 0.15) is 24.4 Å². The highest BCUT2D eigenvalue weighted by molar-refractivity contribution is 5.73. The van der Waals surface area contributed by atoms with E-state index in [9.17, 15) is 9.90 Å². The second-order valence-electron chi connectivity index (χ2n) is 7.10. The molecule has 1 heterocycles. The normalized spacial score (nSPS) is 27.8. The minimum atomic E-state index is -1.58. The number of methoxy groups -OCH3 is 1. The highest BCUT2D eigenvalue weighted by Crippen LogP contribution is 2.28. The maximum absolute atomic E-state index is 11.9. The highest BCUT2D eigenvalue weighted by Gasteiger charge is 2.48. The summed E-state index contributed by atoms with van der Waals surface area (Å²) in [5.74, 6) is -0.282. The molecule has 2 N–H and O–H groups in total. The number of rotatable bonds is 9. The molecule has 0 unspecified atom stereocenters. The van der Waals surface area contributed by atoms with Crippen molar-refractivity contribution >= 4 is 5.91 Å². The van der Waals surface area contributed by atoms with Gasteiger partial charge in [-0.15, -0.1) is 0 Å². The maximum Gasteiger partial charge on any atom is 0.217 e. The Morgan fingerprint density at radius 3 is 2.03 bits per heavy atom. The Labute approximate surface area is 178 Å². The summed E-state index contributed by atoms with van der Waals surface area (Å²) >= 11 is 0. The van der Waals surface area contributed by atoms with Crippen LogP contribution in [-0.2, 0) is 37.0 Å². The predicted molar refractivity (Wildman–Crippen MR) is 110 cm³/mol. The van der Waals surface area contributed by atoms with Crippen molar-refractivity contribution in [2.45, 2.75) is 50.8 Å². The van der Waals surface area contributed by atoms with Crippen LogP contribution in [0.3, 0.4) is 0 Å². The molecule has 7 heteroatoms. The van der Waals surface area contributed by atoms with Gasteiger partial charge in [-0.1, -0.05) is 60.7 Å². The topological polar surface area (TPSA) is 86.2 Å². The molecule has 1 aliphatic rings. The summed E-state index contributed by atoms with van der Waals surface area (Å²) in [5, 5.41) is 12.9. The maximum atomic E-state index is 11.9. The van der Waals surface area contributed by atoms with Crippen molar-refractivity contribution in [2.24, 2.45) is 0 Å². The number of aliphatic hydroxyl groups excluding tert-OH is 1. The van der Waals surface area contributed by atoms with E-state index in [1.165, 1.54) is 14.0 Å². The Hall–Kier alpha value is -2.29. The first-order valence-electron chi connectivity index (χ1n) is 10.4. The van der Waals surface area contributed by atoms with E-state index in [2.05, 4.69) is 5.32 Å². The molecule has 162 valence electrons. The molecule has 6 atom stereocenters. The Balaban J connectivity index is 1.87. The molecule has 2 aromatic rings. The molecular formula is C23H29NO6. The SMILES string of the molecule is [2H][C@H](O)[C@H]1O[C@H](OC)[C@H](NC(C)=O)[C@@H](OCc2ccccc2)[C@@H]1OCc1ccccc1. The molecule has 1 aliphatic heterocycles. The molecule has 30 heavy (non-hydrogen) atoms. The van der Waals surface area contributed by atoms with Gasteiger partial charge in [0.2, 0.25) is 5.91 Å². The second-order valence-corrected chi connectivity index (χ2v) is 7.10. The third-order valence-electron chi connectivity index (χ3n) is 4.91. The van der Waals surface area contributed by atoms with Crippen molar-refractivity contribution in [3.05, 3.63) is 71.8 Å². The molecule has 0 aromatic heterocycles. The first-order chi connectivity index (χ1) is 15.0. The third-order valence-corrected chi connectivity index (χ3v) is 4.91. The van der Waals surface area contributed by atoms with Crippen LogP contribution in [0.15, 0.2) is 60.7 Å². The minimum absolute atomic E-state index is 0.230. The van der Waals surface area contributed by atoms with Crippen LogP contribution in [0, 0.1) is 0 Å². The van der Waals surface area contributed by atoms with Crippen LogP contribution in [-0.4, -0.2) is 55.4 Å². The van der Waals surface area contributed by atoms with Crippen LogP contribution in [0.25, 0.3) is 0 Å². The Morgan fingerprint density at radius 1 is 1.03 bits per heavy atom. The van der Waals surface area contributed by atoms with Gasteiger partial charge in [0.05, 0.1) is 21.2 Å². The molecule has 7 nitrogen and oxygen atoms in total. The third kappa shape index (κ3) is 5.87. The summed E-state index contributed by atoms with van der Waals surface area (Å²) in [4.78, 5) is 11.9. The molecule has 2 aromatic carbocycles. The Kier molecular flexibility index (Phi) is 7.82. The summed E-state index contributed by atoms with van der Waals surface area (Å²) in [7, 11) is 1.44. The van der Waals surface area contributed by atoms with Gasteiger partial charge in [-0.05, 0) is 11.1 Å². The van der Waals surface area contributed by atoms with Crippen LogP contribution in [0.2, 0.25) is 0 Å². The van der Waals surface area contributed by atoms with Crippen molar-refractivity contribution in [1.29, 1.82) is 0 Å². The van der Waals surface area contributed by atoms with E-state index in [1.54, 1.807) is 0 Å². The van der Waals surface area contributed by atoms with Crippen molar-refractivity contribution in [1.82, 2.24) is 5.32 Å². The van der Waals surface area contributed by atoms with E-state index >= 15 is 0 Å². The zero-order valence-corrected chi connectivity index (χ0v) is 17.1. The lowest BCUT2D eigenvalue weighted by Gasteiger charge is -2.45. The van der Waals surface area contributed by atoms with E-state index in [1.807, 2.05) is 60.7 Å². The number of aliphatic hydroxyl groups is 1. The zero-order valence-electron chi connectivity index (χ0n) is 18.1. The van der Waals surface area contributed by atoms with Crippen molar-refractivity contribution < 1.29 is 30.2 Å². The second kappa shape index (κ2) is 11.2. The fourth-order valence-corrected chi connectivity index (χ4v) is 3.49. The molecule has 1 amide bonds. The lowest BCUT2D eigenvalue weighted by atomic mass is 9.96. The number of carbonyl (C=O) groups is 1. The van der Waals surface area contributed by atoms with Crippen molar-refractivity contribution in [2.75, 3.05) is 13.7 Å². The number of hydrogen-bond donors (Lipinski definition) is 2. The van der Waals surface area contributed by atoms with Crippen LogP contribution in [0.1, 0.15) is 19.4 Å². The summed E-state index contributed by atoms with van der Waals surface area (Å²) in [6.07, 6.45) is -3.48.